The molecule has 3 aliphatic carbocycles. The van der Waals surface area contributed by atoms with Crippen molar-refractivity contribution in [2.24, 2.45) is 11.3 Å². The van der Waals surface area contributed by atoms with Crippen LogP contribution in [0.2, 0.25) is 5.02 Å². The minimum Gasteiger partial charge on any atom is -0.466 e. The average Bonchev–Trinajstić information content (AvgIpc) is 2.41. The Morgan fingerprint density at radius 1 is 1.33 bits per heavy atom. The first-order valence-corrected chi connectivity index (χ1v) is 8.10. The first-order chi connectivity index (χ1) is 11.2. The average molecular weight is 361 g/mol. The lowest BCUT2D eigenvalue weighted by Gasteiger charge is -2.69. The van der Waals surface area contributed by atoms with Crippen LogP contribution in [0, 0.1) is 11.3 Å². The number of carbonyl (C=O) groups excluding carboxylic acids is 1. The van der Waals surface area contributed by atoms with Crippen molar-refractivity contribution in [3.63, 3.8) is 0 Å². The van der Waals surface area contributed by atoms with Gasteiger partial charge in [0.15, 0.2) is 5.66 Å². The third-order valence-corrected chi connectivity index (χ3v) is 6.16. The lowest BCUT2D eigenvalue weighted by atomic mass is 9.39. The minimum absolute atomic E-state index is 0.0760. The van der Waals surface area contributed by atoms with Gasteiger partial charge in [0.1, 0.15) is 0 Å². The minimum atomic E-state index is -4.52. The molecule has 4 aliphatic rings. The Morgan fingerprint density at radius 3 is 2.50 bits per heavy atom. The van der Waals surface area contributed by atoms with Gasteiger partial charge in [0.25, 0.3) is 0 Å². The van der Waals surface area contributed by atoms with Gasteiger partial charge < -0.3 is 10.1 Å². The van der Waals surface area contributed by atoms with Crippen LogP contribution in [0.1, 0.15) is 30.4 Å². The van der Waals surface area contributed by atoms with E-state index in [-0.39, 0.29) is 17.0 Å². The molecule has 0 saturated heterocycles. The van der Waals surface area contributed by atoms with E-state index in [0.29, 0.717) is 17.2 Å². The van der Waals surface area contributed by atoms with E-state index in [0.717, 1.165) is 25.3 Å². The van der Waals surface area contributed by atoms with Gasteiger partial charge in [-0.25, -0.2) is 4.79 Å². The zero-order valence-corrected chi connectivity index (χ0v) is 13.6. The van der Waals surface area contributed by atoms with Crippen LogP contribution < -0.4 is 10.6 Å². The Hall–Kier alpha value is -1.47. The molecule has 3 fully saturated rings. The van der Waals surface area contributed by atoms with Crippen molar-refractivity contribution in [1.82, 2.24) is 5.32 Å². The molecule has 8 heteroatoms. The SMILES string of the molecule is COC(=O)C1(C23CC(C2)C3)NCc2c(ccc(C(F)(F)F)c2Cl)N1. The number of esters is 1. The summed E-state index contributed by atoms with van der Waals surface area (Å²) in [7, 11) is 1.31. The Balaban J connectivity index is 1.75. The van der Waals surface area contributed by atoms with E-state index in [2.05, 4.69) is 10.6 Å². The molecule has 4 nitrogen and oxygen atoms in total. The van der Waals surface area contributed by atoms with Crippen molar-refractivity contribution in [3.8, 4) is 0 Å². The molecule has 3 saturated carbocycles. The molecule has 1 aliphatic heterocycles. The van der Waals surface area contributed by atoms with Gasteiger partial charge in [0, 0.05) is 23.2 Å². The molecule has 1 aromatic rings. The van der Waals surface area contributed by atoms with Crippen molar-refractivity contribution >= 4 is 23.3 Å². The highest BCUT2D eigenvalue weighted by molar-refractivity contribution is 6.32. The summed E-state index contributed by atoms with van der Waals surface area (Å²) in [5.74, 6) is 0.190. The number of alkyl halides is 3. The van der Waals surface area contributed by atoms with E-state index in [4.69, 9.17) is 16.3 Å². The van der Waals surface area contributed by atoms with Gasteiger partial charge in [-0.1, -0.05) is 11.6 Å². The Labute approximate surface area is 141 Å². The molecule has 0 aromatic heterocycles. The summed E-state index contributed by atoms with van der Waals surface area (Å²) in [5, 5.41) is 5.89. The third-order valence-electron chi connectivity index (χ3n) is 5.73. The highest BCUT2D eigenvalue weighted by Gasteiger charge is 2.71. The Kier molecular flexibility index (Phi) is 3.20. The number of hydrogen-bond acceptors (Lipinski definition) is 4. The van der Waals surface area contributed by atoms with E-state index >= 15 is 0 Å². The lowest BCUT2D eigenvalue weighted by molar-refractivity contribution is -0.194. The molecule has 2 bridgehead atoms. The van der Waals surface area contributed by atoms with E-state index < -0.39 is 23.4 Å². The normalized spacial score (nSPS) is 33.6. The fourth-order valence-corrected chi connectivity index (χ4v) is 4.69. The summed E-state index contributed by atoms with van der Waals surface area (Å²) in [5.41, 5.74) is -1.45. The van der Waals surface area contributed by atoms with E-state index in [9.17, 15) is 18.0 Å². The number of halogens is 4. The van der Waals surface area contributed by atoms with Gasteiger partial charge in [0.2, 0.25) is 0 Å². The van der Waals surface area contributed by atoms with Crippen molar-refractivity contribution in [3.05, 3.63) is 28.3 Å². The number of rotatable bonds is 2. The van der Waals surface area contributed by atoms with Crippen molar-refractivity contribution in [2.45, 2.75) is 37.6 Å². The highest BCUT2D eigenvalue weighted by atomic mass is 35.5. The fourth-order valence-electron chi connectivity index (χ4n) is 4.35. The highest BCUT2D eigenvalue weighted by Crippen LogP contribution is 2.69. The second-order valence-electron chi connectivity index (χ2n) is 6.93. The number of fused-ring (bicyclic) bond motifs is 1. The summed E-state index contributed by atoms with van der Waals surface area (Å²) in [6, 6.07) is 2.29. The maximum Gasteiger partial charge on any atom is 0.417 e. The number of nitrogens with one attached hydrogen (secondary N) is 2. The van der Waals surface area contributed by atoms with Gasteiger partial charge in [-0.3, -0.25) is 5.32 Å². The zero-order chi connectivity index (χ0) is 17.3. The van der Waals surface area contributed by atoms with Gasteiger partial charge in [-0.2, -0.15) is 13.2 Å². The van der Waals surface area contributed by atoms with Crippen LogP contribution in [-0.4, -0.2) is 18.7 Å². The molecule has 1 aromatic carbocycles. The Bertz CT molecular complexity index is 720. The summed E-state index contributed by atoms with van der Waals surface area (Å²) in [6.45, 7) is 0.0760. The lowest BCUT2D eigenvalue weighted by Crippen LogP contribution is -2.78. The summed E-state index contributed by atoms with van der Waals surface area (Å²) >= 11 is 5.97. The predicted octanol–water partition coefficient (Wildman–Crippen LogP) is 3.54. The van der Waals surface area contributed by atoms with E-state index in [1.807, 2.05) is 0 Å². The number of methoxy groups -OCH3 is 1. The predicted molar refractivity (Wildman–Crippen MR) is 81.4 cm³/mol. The number of hydrogen-bond donors (Lipinski definition) is 2. The maximum atomic E-state index is 13.0. The monoisotopic (exact) mass is 360 g/mol. The van der Waals surface area contributed by atoms with Crippen LogP contribution in [0.15, 0.2) is 12.1 Å². The van der Waals surface area contributed by atoms with E-state index in [1.54, 1.807) is 0 Å². The first kappa shape index (κ1) is 16.0. The van der Waals surface area contributed by atoms with Gasteiger partial charge >= 0.3 is 12.1 Å². The summed E-state index contributed by atoms with van der Waals surface area (Å²) in [4.78, 5) is 12.5. The molecule has 1 atom stereocenters. The third kappa shape index (κ3) is 1.88. The summed E-state index contributed by atoms with van der Waals surface area (Å²) in [6.07, 6.45) is -1.79. The molecule has 1 unspecified atom stereocenters. The molecule has 130 valence electrons. The molecule has 0 spiro atoms. The van der Waals surface area contributed by atoms with Crippen molar-refractivity contribution in [1.29, 1.82) is 0 Å². The zero-order valence-electron chi connectivity index (χ0n) is 12.9. The summed E-state index contributed by atoms with van der Waals surface area (Å²) < 4.78 is 44.0. The van der Waals surface area contributed by atoms with E-state index in [1.165, 1.54) is 13.2 Å². The molecule has 5 rings (SSSR count). The topological polar surface area (TPSA) is 50.4 Å². The molecule has 24 heavy (non-hydrogen) atoms. The van der Waals surface area contributed by atoms with Crippen LogP contribution >= 0.6 is 11.6 Å². The van der Waals surface area contributed by atoms with Crippen molar-refractivity contribution in [2.75, 3.05) is 12.4 Å². The largest absolute Gasteiger partial charge is 0.466 e. The second kappa shape index (κ2) is 4.79. The van der Waals surface area contributed by atoms with Gasteiger partial charge in [-0.15, -0.1) is 0 Å². The fraction of sp³-hybridized carbons (Fsp3) is 0.562. The number of carbonyl (C=O) groups is 1. The van der Waals surface area contributed by atoms with Gasteiger partial charge in [0.05, 0.1) is 17.7 Å². The molecular weight excluding hydrogens is 345 g/mol. The first-order valence-electron chi connectivity index (χ1n) is 7.73. The van der Waals surface area contributed by atoms with Crippen LogP contribution in [0.5, 0.6) is 0 Å². The number of ether oxygens (including phenoxy) is 1. The number of benzene rings is 1. The molecular formula is C16H16ClF3N2O2. The molecule has 1 heterocycles. The van der Waals surface area contributed by atoms with Crippen LogP contribution in [0.4, 0.5) is 18.9 Å². The van der Waals surface area contributed by atoms with Crippen molar-refractivity contribution < 1.29 is 22.7 Å². The van der Waals surface area contributed by atoms with Crippen LogP contribution in [-0.2, 0) is 22.3 Å². The second-order valence-corrected chi connectivity index (χ2v) is 7.31. The number of anilines is 1. The quantitative estimate of drug-likeness (QED) is 0.792. The maximum absolute atomic E-state index is 13.0. The molecule has 0 radical (unpaired) electrons. The Morgan fingerprint density at radius 2 is 2.00 bits per heavy atom. The smallest absolute Gasteiger partial charge is 0.417 e. The van der Waals surface area contributed by atoms with Crippen LogP contribution in [0.3, 0.4) is 0 Å². The van der Waals surface area contributed by atoms with Gasteiger partial charge in [-0.05, 0) is 37.3 Å². The van der Waals surface area contributed by atoms with Crippen LogP contribution in [0.25, 0.3) is 0 Å². The standard InChI is InChI=1S/C16H16ClF3N2O2/c1-24-13(23)15(14-4-8(5-14)6-14)21-7-9-11(22-15)3-2-10(12(9)17)16(18,19)20/h2-3,8,21-22H,4-7H2,1H3. The molecule has 0 amide bonds. The molecule has 2 N–H and O–H groups in total.